The minimum absolute atomic E-state index is 0.188. The van der Waals surface area contributed by atoms with Gasteiger partial charge in [-0.05, 0) is 43.5 Å². The van der Waals surface area contributed by atoms with Crippen molar-refractivity contribution in [1.29, 1.82) is 0 Å². The zero-order valence-electron chi connectivity index (χ0n) is 10.9. The van der Waals surface area contributed by atoms with E-state index in [1.807, 2.05) is 0 Å². The summed E-state index contributed by atoms with van der Waals surface area (Å²) in [5.41, 5.74) is 6.72. The molecular weight excluding hydrogens is 244 g/mol. The summed E-state index contributed by atoms with van der Waals surface area (Å²) < 4.78 is 0. The van der Waals surface area contributed by atoms with Crippen molar-refractivity contribution in [2.75, 3.05) is 5.32 Å². The summed E-state index contributed by atoms with van der Waals surface area (Å²) in [6.45, 7) is 1.70. The molecule has 19 heavy (non-hydrogen) atoms. The molecule has 102 valence electrons. The molecule has 1 fully saturated rings. The highest BCUT2D eigenvalue weighted by Gasteiger charge is 2.36. The van der Waals surface area contributed by atoms with E-state index in [-0.39, 0.29) is 11.5 Å². The Hall–Kier alpha value is -1.88. The first kappa shape index (κ1) is 13.5. The third-order valence-electron chi connectivity index (χ3n) is 3.66. The standard InChI is InChI=1S/C14H18N2O3/c1-9-8-10(4-5-11(9)12(17)18)16-13(19)14(15)6-2-3-7-14/h4-5,8H,2-3,6-7,15H2,1H3,(H,16,19)(H,17,18). The monoisotopic (exact) mass is 262 g/mol. The molecule has 0 radical (unpaired) electrons. The molecule has 0 heterocycles. The van der Waals surface area contributed by atoms with E-state index in [0.29, 0.717) is 24.1 Å². The lowest BCUT2D eigenvalue weighted by molar-refractivity contribution is -0.121. The summed E-state index contributed by atoms with van der Waals surface area (Å²) >= 11 is 0. The number of carboxylic acid groups (broad SMARTS) is 1. The normalized spacial score (nSPS) is 17.2. The van der Waals surface area contributed by atoms with E-state index >= 15 is 0 Å². The molecule has 0 unspecified atom stereocenters. The molecule has 5 nitrogen and oxygen atoms in total. The Kier molecular flexibility index (Phi) is 3.57. The van der Waals surface area contributed by atoms with Crippen molar-refractivity contribution in [1.82, 2.24) is 0 Å². The zero-order chi connectivity index (χ0) is 14.0. The van der Waals surface area contributed by atoms with E-state index in [4.69, 9.17) is 10.8 Å². The number of nitrogens with two attached hydrogens (primary N) is 1. The van der Waals surface area contributed by atoms with Crippen LogP contribution in [0.4, 0.5) is 5.69 Å². The van der Waals surface area contributed by atoms with Gasteiger partial charge < -0.3 is 16.2 Å². The minimum Gasteiger partial charge on any atom is -0.478 e. The minimum atomic E-state index is -0.971. The lowest BCUT2D eigenvalue weighted by atomic mass is 9.98. The SMILES string of the molecule is Cc1cc(NC(=O)C2(N)CCCC2)ccc1C(=O)O. The summed E-state index contributed by atoms with van der Waals surface area (Å²) in [5.74, 6) is -1.16. The lowest BCUT2D eigenvalue weighted by Gasteiger charge is -2.22. The fraction of sp³-hybridized carbons (Fsp3) is 0.429. The number of anilines is 1. The van der Waals surface area contributed by atoms with E-state index in [1.54, 1.807) is 19.1 Å². The van der Waals surface area contributed by atoms with Crippen molar-refractivity contribution >= 4 is 17.6 Å². The van der Waals surface area contributed by atoms with Gasteiger partial charge in [0.25, 0.3) is 0 Å². The maximum Gasteiger partial charge on any atom is 0.335 e. The van der Waals surface area contributed by atoms with E-state index in [9.17, 15) is 9.59 Å². The quantitative estimate of drug-likeness (QED) is 0.775. The largest absolute Gasteiger partial charge is 0.478 e. The van der Waals surface area contributed by atoms with Gasteiger partial charge in [0.2, 0.25) is 5.91 Å². The molecule has 0 atom stereocenters. The number of aryl methyl sites for hydroxylation is 1. The molecule has 1 aromatic carbocycles. The Labute approximate surface area is 111 Å². The second kappa shape index (κ2) is 5.01. The second-order valence-electron chi connectivity index (χ2n) is 5.15. The number of hydrogen-bond acceptors (Lipinski definition) is 3. The van der Waals surface area contributed by atoms with Crippen LogP contribution in [-0.4, -0.2) is 22.5 Å². The molecule has 1 saturated carbocycles. The zero-order valence-corrected chi connectivity index (χ0v) is 10.9. The maximum atomic E-state index is 12.1. The average Bonchev–Trinajstić information content (AvgIpc) is 2.77. The van der Waals surface area contributed by atoms with Gasteiger partial charge in [-0.3, -0.25) is 4.79 Å². The Balaban J connectivity index is 2.13. The molecule has 0 spiro atoms. The number of carboxylic acids is 1. The first-order chi connectivity index (χ1) is 8.92. The first-order valence-corrected chi connectivity index (χ1v) is 6.37. The molecule has 4 N–H and O–H groups in total. The number of carbonyl (C=O) groups excluding carboxylic acids is 1. The molecule has 2 rings (SSSR count). The van der Waals surface area contributed by atoms with Crippen LogP contribution in [0.5, 0.6) is 0 Å². The van der Waals surface area contributed by atoms with Crippen LogP contribution in [-0.2, 0) is 4.79 Å². The highest BCUT2D eigenvalue weighted by molar-refractivity contribution is 5.99. The van der Waals surface area contributed by atoms with Gasteiger partial charge in [0.05, 0.1) is 11.1 Å². The van der Waals surface area contributed by atoms with Crippen LogP contribution in [0.25, 0.3) is 0 Å². The maximum absolute atomic E-state index is 12.1. The van der Waals surface area contributed by atoms with Crippen LogP contribution in [0.3, 0.4) is 0 Å². The van der Waals surface area contributed by atoms with E-state index in [0.717, 1.165) is 12.8 Å². The molecule has 0 saturated heterocycles. The van der Waals surface area contributed by atoms with Gasteiger partial charge in [-0.2, -0.15) is 0 Å². The van der Waals surface area contributed by atoms with Crippen molar-refractivity contribution in [2.45, 2.75) is 38.1 Å². The number of amides is 1. The predicted octanol–water partition coefficient (Wildman–Crippen LogP) is 1.90. The molecule has 1 aromatic rings. The Morgan fingerprint density at radius 1 is 1.32 bits per heavy atom. The van der Waals surface area contributed by atoms with Gasteiger partial charge in [-0.15, -0.1) is 0 Å². The highest BCUT2D eigenvalue weighted by atomic mass is 16.4. The summed E-state index contributed by atoms with van der Waals surface area (Å²) in [4.78, 5) is 23.0. The summed E-state index contributed by atoms with van der Waals surface area (Å²) in [5, 5.41) is 11.7. The number of hydrogen-bond donors (Lipinski definition) is 3. The van der Waals surface area contributed by atoms with Crippen LogP contribution in [0, 0.1) is 6.92 Å². The molecule has 1 aliphatic carbocycles. The van der Waals surface area contributed by atoms with Crippen LogP contribution in [0.1, 0.15) is 41.6 Å². The molecule has 0 aromatic heterocycles. The number of aromatic carboxylic acids is 1. The van der Waals surface area contributed by atoms with Crippen LogP contribution >= 0.6 is 0 Å². The lowest BCUT2D eigenvalue weighted by Crippen LogP contribution is -2.48. The van der Waals surface area contributed by atoms with Gasteiger partial charge in [0, 0.05) is 5.69 Å². The van der Waals surface area contributed by atoms with Crippen molar-refractivity contribution < 1.29 is 14.7 Å². The van der Waals surface area contributed by atoms with Gasteiger partial charge in [0.15, 0.2) is 0 Å². The number of rotatable bonds is 3. The number of nitrogens with one attached hydrogen (secondary N) is 1. The van der Waals surface area contributed by atoms with Gasteiger partial charge in [-0.25, -0.2) is 4.79 Å². The summed E-state index contributed by atoms with van der Waals surface area (Å²) in [6.07, 6.45) is 3.35. The first-order valence-electron chi connectivity index (χ1n) is 6.37. The van der Waals surface area contributed by atoms with Gasteiger partial charge in [-0.1, -0.05) is 12.8 Å². The van der Waals surface area contributed by atoms with Gasteiger partial charge >= 0.3 is 5.97 Å². The molecular formula is C14H18N2O3. The molecule has 0 aliphatic heterocycles. The van der Waals surface area contributed by atoms with Crippen LogP contribution < -0.4 is 11.1 Å². The van der Waals surface area contributed by atoms with Crippen LogP contribution in [0.15, 0.2) is 18.2 Å². The molecule has 0 bridgehead atoms. The predicted molar refractivity (Wildman–Crippen MR) is 72.2 cm³/mol. The van der Waals surface area contributed by atoms with Gasteiger partial charge in [0.1, 0.15) is 0 Å². The Morgan fingerprint density at radius 2 is 1.95 bits per heavy atom. The highest BCUT2D eigenvalue weighted by Crippen LogP contribution is 2.28. The number of carbonyl (C=O) groups is 2. The topological polar surface area (TPSA) is 92.4 Å². The fourth-order valence-corrected chi connectivity index (χ4v) is 2.47. The van der Waals surface area contributed by atoms with Crippen molar-refractivity contribution in [3.8, 4) is 0 Å². The Bertz CT molecular complexity index is 519. The summed E-state index contributed by atoms with van der Waals surface area (Å²) in [7, 11) is 0. The third kappa shape index (κ3) is 2.76. The van der Waals surface area contributed by atoms with E-state index < -0.39 is 11.5 Å². The Morgan fingerprint density at radius 3 is 2.47 bits per heavy atom. The van der Waals surface area contributed by atoms with Crippen molar-refractivity contribution in [2.24, 2.45) is 5.73 Å². The summed E-state index contributed by atoms with van der Waals surface area (Å²) in [6, 6.07) is 4.73. The smallest absolute Gasteiger partial charge is 0.335 e. The molecule has 5 heteroatoms. The fourth-order valence-electron chi connectivity index (χ4n) is 2.47. The van der Waals surface area contributed by atoms with Crippen LogP contribution in [0.2, 0.25) is 0 Å². The van der Waals surface area contributed by atoms with E-state index in [1.165, 1.54) is 6.07 Å². The molecule has 1 amide bonds. The number of benzene rings is 1. The molecule has 1 aliphatic rings. The second-order valence-corrected chi connectivity index (χ2v) is 5.15. The van der Waals surface area contributed by atoms with E-state index in [2.05, 4.69) is 5.32 Å². The van der Waals surface area contributed by atoms with Crippen molar-refractivity contribution in [3.05, 3.63) is 29.3 Å². The third-order valence-corrected chi connectivity index (χ3v) is 3.66. The van der Waals surface area contributed by atoms with Crippen molar-refractivity contribution in [3.63, 3.8) is 0 Å². The average molecular weight is 262 g/mol.